The molecule has 2 aliphatic rings. The normalized spacial score (nSPS) is 14.3. The SMILES string of the molecule is O=C(CN1C(=O)CSc2ccccc21)Nc1ccc2c(c1)Cc1ccccc1-2. The average molecular weight is 386 g/mol. The first-order valence-electron chi connectivity index (χ1n) is 9.22. The van der Waals surface area contributed by atoms with E-state index >= 15 is 0 Å². The van der Waals surface area contributed by atoms with Crippen LogP contribution in [0, 0.1) is 0 Å². The molecule has 0 unspecified atom stereocenters. The lowest BCUT2D eigenvalue weighted by molar-refractivity contribution is -0.120. The third-order valence-electron chi connectivity index (χ3n) is 5.19. The first-order chi connectivity index (χ1) is 13.7. The van der Waals surface area contributed by atoms with Crippen LogP contribution in [0.4, 0.5) is 11.4 Å². The van der Waals surface area contributed by atoms with Gasteiger partial charge in [-0.3, -0.25) is 9.59 Å². The van der Waals surface area contributed by atoms with E-state index in [1.165, 1.54) is 34.0 Å². The van der Waals surface area contributed by atoms with Gasteiger partial charge in [-0.2, -0.15) is 0 Å². The minimum Gasteiger partial charge on any atom is -0.325 e. The molecule has 2 amide bonds. The van der Waals surface area contributed by atoms with Crippen LogP contribution in [0.25, 0.3) is 11.1 Å². The Bertz CT molecular complexity index is 1110. The van der Waals surface area contributed by atoms with E-state index in [0.29, 0.717) is 5.75 Å². The first-order valence-corrected chi connectivity index (χ1v) is 10.2. The van der Waals surface area contributed by atoms with Gasteiger partial charge in [-0.15, -0.1) is 11.8 Å². The van der Waals surface area contributed by atoms with E-state index in [1.807, 2.05) is 36.4 Å². The van der Waals surface area contributed by atoms with Crippen LogP contribution in [0.5, 0.6) is 0 Å². The Kier molecular flexibility index (Phi) is 4.17. The van der Waals surface area contributed by atoms with Crippen molar-refractivity contribution >= 4 is 35.0 Å². The van der Waals surface area contributed by atoms with Gasteiger partial charge in [-0.25, -0.2) is 0 Å². The molecule has 0 atom stereocenters. The molecule has 138 valence electrons. The summed E-state index contributed by atoms with van der Waals surface area (Å²) in [5, 5.41) is 2.96. The van der Waals surface area contributed by atoms with Crippen LogP contribution in [0.3, 0.4) is 0 Å². The van der Waals surface area contributed by atoms with Crippen molar-refractivity contribution in [3.8, 4) is 11.1 Å². The van der Waals surface area contributed by atoms with Gasteiger partial charge in [-0.1, -0.05) is 42.5 Å². The van der Waals surface area contributed by atoms with Gasteiger partial charge in [0, 0.05) is 10.6 Å². The molecule has 5 rings (SSSR count). The largest absolute Gasteiger partial charge is 0.325 e. The predicted molar refractivity (Wildman–Crippen MR) is 113 cm³/mol. The van der Waals surface area contributed by atoms with Crippen LogP contribution < -0.4 is 10.2 Å². The molecular weight excluding hydrogens is 368 g/mol. The highest BCUT2D eigenvalue weighted by atomic mass is 32.2. The second-order valence-corrected chi connectivity index (χ2v) is 8.01. The monoisotopic (exact) mass is 386 g/mol. The van der Waals surface area contributed by atoms with Gasteiger partial charge in [0.2, 0.25) is 11.8 Å². The number of fused-ring (bicyclic) bond motifs is 4. The van der Waals surface area contributed by atoms with Gasteiger partial charge >= 0.3 is 0 Å². The van der Waals surface area contributed by atoms with E-state index in [2.05, 4.69) is 35.6 Å². The third-order valence-corrected chi connectivity index (χ3v) is 6.23. The van der Waals surface area contributed by atoms with E-state index in [9.17, 15) is 9.59 Å². The Balaban J connectivity index is 1.33. The molecule has 5 heteroatoms. The number of amides is 2. The molecule has 0 radical (unpaired) electrons. The first kappa shape index (κ1) is 17.1. The van der Waals surface area contributed by atoms with Gasteiger partial charge in [0.1, 0.15) is 6.54 Å². The van der Waals surface area contributed by atoms with Crippen molar-refractivity contribution < 1.29 is 9.59 Å². The smallest absolute Gasteiger partial charge is 0.244 e. The number of thioether (sulfide) groups is 1. The fourth-order valence-corrected chi connectivity index (χ4v) is 4.83. The molecule has 28 heavy (non-hydrogen) atoms. The Labute approximate surface area is 167 Å². The van der Waals surface area contributed by atoms with E-state index < -0.39 is 0 Å². The fraction of sp³-hybridized carbons (Fsp3) is 0.130. The number of hydrogen-bond donors (Lipinski definition) is 1. The van der Waals surface area contributed by atoms with Crippen molar-refractivity contribution in [2.75, 3.05) is 22.5 Å². The van der Waals surface area contributed by atoms with Crippen LogP contribution in [0.2, 0.25) is 0 Å². The van der Waals surface area contributed by atoms with Crippen molar-refractivity contribution in [3.63, 3.8) is 0 Å². The maximum absolute atomic E-state index is 12.6. The average Bonchev–Trinajstić information content (AvgIpc) is 3.08. The molecule has 0 fully saturated rings. The van der Waals surface area contributed by atoms with Crippen LogP contribution in [-0.4, -0.2) is 24.1 Å². The molecule has 0 aromatic heterocycles. The van der Waals surface area contributed by atoms with E-state index in [1.54, 1.807) is 4.90 Å². The Morgan fingerprint density at radius 1 is 0.964 bits per heavy atom. The molecule has 0 spiro atoms. The molecule has 4 nitrogen and oxygen atoms in total. The van der Waals surface area contributed by atoms with Crippen LogP contribution in [0.1, 0.15) is 11.1 Å². The number of para-hydroxylation sites is 1. The number of nitrogens with zero attached hydrogens (tertiary/aromatic N) is 1. The van der Waals surface area contributed by atoms with Crippen LogP contribution in [0.15, 0.2) is 71.6 Å². The molecular formula is C23H18N2O2S. The zero-order chi connectivity index (χ0) is 19.1. The second-order valence-electron chi connectivity index (χ2n) is 6.99. The van der Waals surface area contributed by atoms with Gasteiger partial charge < -0.3 is 10.2 Å². The standard InChI is InChI=1S/C23H18N2O2S/c26-22(13-25-20-7-3-4-8-21(20)28-14-23(25)27)24-17-9-10-19-16(12-17)11-15-5-1-2-6-18(15)19/h1-10,12H,11,13-14H2,(H,24,26). The fourth-order valence-electron chi connectivity index (χ4n) is 3.89. The molecule has 0 saturated carbocycles. The maximum Gasteiger partial charge on any atom is 0.244 e. The minimum atomic E-state index is -0.189. The summed E-state index contributed by atoms with van der Waals surface area (Å²) in [6, 6.07) is 22.1. The highest BCUT2D eigenvalue weighted by Gasteiger charge is 2.26. The molecule has 0 bridgehead atoms. The minimum absolute atomic E-state index is 0.0215. The number of benzene rings is 3. The van der Waals surface area contributed by atoms with Crippen molar-refractivity contribution in [1.82, 2.24) is 0 Å². The summed E-state index contributed by atoms with van der Waals surface area (Å²) in [5.74, 6) is 0.135. The van der Waals surface area contributed by atoms with E-state index in [-0.39, 0.29) is 18.4 Å². The van der Waals surface area contributed by atoms with E-state index in [0.717, 1.165) is 22.7 Å². The molecule has 1 aliphatic carbocycles. The van der Waals surface area contributed by atoms with E-state index in [4.69, 9.17) is 0 Å². The molecule has 3 aromatic rings. The lowest BCUT2D eigenvalue weighted by Crippen LogP contribution is -2.41. The molecule has 1 N–H and O–H groups in total. The van der Waals surface area contributed by atoms with Crippen LogP contribution in [-0.2, 0) is 16.0 Å². The Hall–Kier alpha value is -3.05. The summed E-state index contributed by atoms with van der Waals surface area (Å²) in [6.45, 7) is 0.0215. The van der Waals surface area contributed by atoms with Gasteiger partial charge in [0.25, 0.3) is 0 Å². The van der Waals surface area contributed by atoms with Crippen molar-refractivity contribution in [3.05, 3.63) is 77.9 Å². The number of hydrogen-bond acceptors (Lipinski definition) is 3. The summed E-state index contributed by atoms with van der Waals surface area (Å²) < 4.78 is 0. The van der Waals surface area contributed by atoms with Crippen molar-refractivity contribution in [1.29, 1.82) is 0 Å². The summed E-state index contributed by atoms with van der Waals surface area (Å²) >= 11 is 1.52. The molecule has 3 aromatic carbocycles. The number of anilines is 2. The predicted octanol–water partition coefficient (Wildman–Crippen LogP) is 4.34. The Morgan fingerprint density at radius 2 is 1.75 bits per heavy atom. The molecule has 0 saturated heterocycles. The summed E-state index contributed by atoms with van der Waals surface area (Å²) in [7, 11) is 0. The lowest BCUT2D eigenvalue weighted by atomic mass is 10.1. The molecule has 1 heterocycles. The van der Waals surface area contributed by atoms with Gasteiger partial charge in [-0.05, 0) is 52.9 Å². The van der Waals surface area contributed by atoms with Gasteiger partial charge in [0.15, 0.2) is 0 Å². The number of nitrogens with one attached hydrogen (secondary N) is 1. The summed E-state index contributed by atoms with van der Waals surface area (Å²) in [5.41, 5.74) is 6.60. The highest BCUT2D eigenvalue weighted by Crippen LogP contribution is 2.38. The zero-order valence-corrected chi connectivity index (χ0v) is 16.0. The number of carbonyl (C=O) groups excluding carboxylic acids is 2. The Morgan fingerprint density at radius 3 is 2.68 bits per heavy atom. The summed E-state index contributed by atoms with van der Waals surface area (Å²) in [4.78, 5) is 27.6. The third kappa shape index (κ3) is 2.98. The molecule has 1 aliphatic heterocycles. The quantitative estimate of drug-likeness (QED) is 0.570. The van der Waals surface area contributed by atoms with Gasteiger partial charge in [0.05, 0.1) is 11.4 Å². The highest BCUT2D eigenvalue weighted by molar-refractivity contribution is 8.00. The topological polar surface area (TPSA) is 49.4 Å². The number of rotatable bonds is 3. The summed E-state index contributed by atoms with van der Waals surface area (Å²) in [6.07, 6.45) is 0.879. The van der Waals surface area contributed by atoms with Crippen molar-refractivity contribution in [2.45, 2.75) is 11.3 Å². The number of carbonyl (C=O) groups is 2. The zero-order valence-electron chi connectivity index (χ0n) is 15.1. The van der Waals surface area contributed by atoms with Crippen molar-refractivity contribution in [2.24, 2.45) is 0 Å². The maximum atomic E-state index is 12.6. The lowest BCUT2D eigenvalue weighted by Gasteiger charge is -2.28. The van der Waals surface area contributed by atoms with Crippen LogP contribution >= 0.6 is 11.8 Å². The second kappa shape index (κ2) is 6.84.